The number of sulfonamides is 1. The minimum absolute atomic E-state index is 0.0208. The highest BCUT2D eigenvalue weighted by Crippen LogP contribution is 2.25. The van der Waals surface area contributed by atoms with Crippen LogP contribution in [0.4, 0.5) is 0 Å². The number of thiophene rings is 1. The second-order valence-electron chi connectivity index (χ2n) is 3.86. The molecular formula is C10H16N2O4S2. The summed E-state index contributed by atoms with van der Waals surface area (Å²) in [5, 5.41) is 9.20. The van der Waals surface area contributed by atoms with E-state index in [2.05, 4.69) is 5.32 Å². The van der Waals surface area contributed by atoms with E-state index in [-0.39, 0.29) is 16.2 Å². The molecule has 0 aliphatic rings. The first-order chi connectivity index (χ1) is 8.27. The molecule has 1 aromatic heterocycles. The molecule has 1 aromatic rings. The Kier molecular flexibility index (Phi) is 4.85. The van der Waals surface area contributed by atoms with Gasteiger partial charge in [-0.2, -0.15) is 0 Å². The molecule has 0 spiro atoms. The number of rotatable bonds is 5. The van der Waals surface area contributed by atoms with Crippen LogP contribution in [0.1, 0.15) is 22.8 Å². The van der Waals surface area contributed by atoms with E-state index >= 15 is 0 Å². The van der Waals surface area contributed by atoms with Gasteiger partial charge < -0.3 is 10.1 Å². The maximum Gasteiger partial charge on any atom is 0.252 e. The normalized spacial score (nSPS) is 13.3. The van der Waals surface area contributed by atoms with E-state index in [4.69, 9.17) is 9.88 Å². The van der Waals surface area contributed by atoms with Gasteiger partial charge in [0.1, 0.15) is 4.21 Å². The highest BCUT2D eigenvalue weighted by atomic mass is 32.2. The lowest BCUT2D eigenvalue weighted by Gasteiger charge is -2.10. The molecule has 0 aromatic carbocycles. The van der Waals surface area contributed by atoms with Gasteiger partial charge in [-0.05, 0) is 19.4 Å². The highest BCUT2D eigenvalue weighted by Gasteiger charge is 2.20. The fraction of sp³-hybridized carbons (Fsp3) is 0.500. The van der Waals surface area contributed by atoms with Crippen molar-refractivity contribution >= 4 is 27.3 Å². The molecule has 102 valence electrons. The summed E-state index contributed by atoms with van der Waals surface area (Å²) in [5.74, 6) is -0.331. The van der Waals surface area contributed by atoms with Crippen LogP contribution in [-0.4, -0.2) is 34.1 Å². The zero-order valence-corrected chi connectivity index (χ0v) is 12.0. The van der Waals surface area contributed by atoms with Crippen LogP contribution in [0.15, 0.2) is 9.59 Å². The molecular weight excluding hydrogens is 276 g/mol. The Balaban J connectivity index is 2.86. The predicted molar refractivity (Wildman–Crippen MR) is 69.2 cm³/mol. The van der Waals surface area contributed by atoms with E-state index in [0.29, 0.717) is 17.7 Å². The number of nitrogens with two attached hydrogens (primary N) is 1. The van der Waals surface area contributed by atoms with E-state index in [1.165, 1.54) is 5.38 Å². The summed E-state index contributed by atoms with van der Waals surface area (Å²) in [7, 11) is -2.22. The third-order valence-electron chi connectivity index (χ3n) is 2.45. The Morgan fingerprint density at radius 1 is 1.61 bits per heavy atom. The molecule has 3 N–H and O–H groups in total. The number of amides is 1. The van der Waals surface area contributed by atoms with Gasteiger partial charge >= 0.3 is 0 Å². The standard InChI is InChI=1S/C10H16N2O4S2/c1-6(16-3)4-12-9(13)8-5-17-10(7(8)2)18(11,14)15/h5-6H,4H2,1-3H3,(H,12,13)(H2,11,14,15). The molecule has 18 heavy (non-hydrogen) atoms. The number of ether oxygens (including phenoxy) is 1. The Hall–Kier alpha value is -0.960. The van der Waals surface area contributed by atoms with Crippen LogP contribution < -0.4 is 10.5 Å². The number of carbonyl (C=O) groups excluding carboxylic acids is 1. The minimum Gasteiger partial charge on any atom is -0.380 e. The summed E-state index contributed by atoms with van der Waals surface area (Å²) in [4.78, 5) is 11.8. The summed E-state index contributed by atoms with van der Waals surface area (Å²) in [6.07, 6.45) is -0.106. The maximum atomic E-state index is 11.8. The lowest BCUT2D eigenvalue weighted by atomic mass is 10.2. The fourth-order valence-corrected chi connectivity index (χ4v) is 3.33. The zero-order valence-electron chi connectivity index (χ0n) is 10.4. The SMILES string of the molecule is COC(C)CNC(=O)c1csc(S(N)(=O)=O)c1C. The number of hydrogen-bond acceptors (Lipinski definition) is 5. The van der Waals surface area contributed by atoms with Crippen LogP contribution in [0.5, 0.6) is 0 Å². The van der Waals surface area contributed by atoms with Gasteiger partial charge in [0.15, 0.2) is 0 Å². The van der Waals surface area contributed by atoms with Crippen LogP contribution >= 0.6 is 11.3 Å². The molecule has 1 unspecified atom stereocenters. The Labute approximate surface area is 110 Å². The van der Waals surface area contributed by atoms with Crippen molar-refractivity contribution in [3.05, 3.63) is 16.5 Å². The summed E-state index contributed by atoms with van der Waals surface area (Å²) >= 11 is 0.946. The molecule has 0 fully saturated rings. The number of primary sulfonamides is 1. The molecule has 0 aliphatic heterocycles. The lowest BCUT2D eigenvalue weighted by Crippen LogP contribution is -2.31. The molecule has 0 saturated heterocycles. The van der Waals surface area contributed by atoms with Crippen LogP contribution in [-0.2, 0) is 14.8 Å². The molecule has 0 aliphatic carbocycles. The average molecular weight is 292 g/mol. The average Bonchev–Trinajstić information content (AvgIpc) is 2.67. The molecule has 1 rings (SSSR count). The van der Waals surface area contributed by atoms with Gasteiger partial charge in [0.2, 0.25) is 10.0 Å². The molecule has 1 heterocycles. The van der Waals surface area contributed by atoms with E-state index in [1.54, 1.807) is 14.0 Å². The second-order valence-corrected chi connectivity index (χ2v) is 6.50. The minimum atomic E-state index is -3.77. The highest BCUT2D eigenvalue weighted by molar-refractivity contribution is 7.91. The van der Waals surface area contributed by atoms with Crippen molar-refractivity contribution in [2.24, 2.45) is 5.14 Å². The van der Waals surface area contributed by atoms with Gasteiger partial charge in [0, 0.05) is 19.0 Å². The summed E-state index contributed by atoms with van der Waals surface area (Å²) in [6, 6.07) is 0. The van der Waals surface area contributed by atoms with Crippen LogP contribution in [0.3, 0.4) is 0 Å². The van der Waals surface area contributed by atoms with Crippen molar-refractivity contribution in [1.29, 1.82) is 0 Å². The smallest absolute Gasteiger partial charge is 0.252 e. The first-order valence-corrected chi connectivity index (χ1v) is 7.61. The quantitative estimate of drug-likeness (QED) is 0.824. The largest absolute Gasteiger partial charge is 0.380 e. The number of nitrogens with one attached hydrogen (secondary N) is 1. The first-order valence-electron chi connectivity index (χ1n) is 5.19. The summed E-state index contributed by atoms with van der Waals surface area (Å²) in [6.45, 7) is 3.73. The Morgan fingerprint density at radius 3 is 2.67 bits per heavy atom. The number of hydrogen-bond donors (Lipinski definition) is 2. The van der Waals surface area contributed by atoms with Crippen molar-refractivity contribution in [3.63, 3.8) is 0 Å². The predicted octanol–water partition coefficient (Wildman–Crippen LogP) is 0.469. The van der Waals surface area contributed by atoms with Crippen LogP contribution in [0.2, 0.25) is 0 Å². The third kappa shape index (κ3) is 3.52. The van der Waals surface area contributed by atoms with Crippen molar-refractivity contribution in [3.8, 4) is 0 Å². The maximum absolute atomic E-state index is 11.8. The van der Waals surface area contributed by atoms with E-state index in [9.17, 15) is 13.2 Å². The lowest BCUT2D eigenvalue weighted by molar-refractivity contribution is 0.0870. The molecule has 0 saturated carbocycles. The van der Waals surface area contributed by atoms with Gasteiger partial charge in [-0.15, -0.1) is 11.3 Å². The molecule has 0 radical (unpaired) electrons. The fourth-order valence-electron chi connectivity index (χ4n) is 1.32. The van der Waals surface area contributed by atoms with Crippen molar-refractivity contribution in [1.82, 2.24) is 5.32 Å². The first kappa shape index (κ1) is 15.1. The summed E-state index contributed by atoms with van der Waals surface area (Å²) < 4.78 is 27.5. The van der Waals surface area contributed by atoms with Crippen molar-refractivity contribution in [2.75, 3.05) is 13.7 Å². The Bertz CT molecular complexity index is 536. The molecule has 0 bridgehead atoms. The Morgan fingerprint density at radius 2 is 2.22 bits per heavy atom. The third-order valence-corrected chi connectivity index (χ3v) is 5.13. The number of carbonyl (C=O) groups is 1. The van der Waals surface area contributed by atoms with E-state index in [0.717, 1.165) is 11.3 Å². The summed E-state index contributed by atoms with van der Waals surface area (Å²) in [5.41, 5.74) is 0.706. The van der Waals surface area contributed by atoms with Crippen molar-refractivity contribution in [2.45, 2.75) is 24.2 Å². The molecule has 1 atom stereocenters. The van der Waals surface area contributed by atoms with Gasteiger partial charge in [-0.3, -0.25) is 4.79 Å². The monoisotopic (exact) mass is 292 g/mol. The topological polar surface area (TPSA) is 98.5 Å². The van der Waals surface area contributed by atoms with Crippen molar-refractivity contribution < 1.29 is 17.9 Å². The molecule has 1 amide bonds. The van der Waals surface area contributed by atoms with Gasteiger partial charge in [-0.1, -0.05) is 0 Å². The van der Waals surface area contributed by atoms with Gasteiger partial charge in [0.25, 0.3) is 5.91 Å². The van der Waals surface area contributed by atoms with E-state index < -0.39 is 10.0 Å². The second kappa shape index (κ2) is 5.79. The van der Waals surface area contributed by atoms with Gasteiger partial charge in [-0.25, -0.2) is 13.6 Å². The molecule has 8 heteroatoms. The number of methoxy groups -OCH3 is 1. The van der Waals surface area contributed by atoms with E-state index in [1.807, 2.05) is 6.92 Å². The molecule has 6 nitrogen and oxygen atoms in total. The van der Waals surface area contributed by atoms with Crippen LogP contribution in [0, 0.1) is 6.92 Å². The van der Waals surface area contributed by atoms with Crippen LogP contribution in [0.25, 0.3) is 0 Å². The van der Waals surface area contributed by atoms with Gasteiger partial charge in [0.05, 0.1) is 11.7 Å². The zero-order chi connectivity index (χ0) is 13.9.